The third-order valence-electron chi connectivity index (χ3n) is 5.89. The molecule has 0 aliphatic carbocycles. The number of benzene rings is 2. The van der Waals surface area contributed by atoms with Crippen molar-refractivity contribution in [3.8, 4) is 5.75 Å². The Bertz CT molecular complexity index is 959. The van der Waals surface area contributed by atoms with Crippen molar-refractivity contribution < 1.29 is 14.3 Å². The van der Waals surface area contributed by atoms with Crippen molar-refractivity contribution in [2.24, 2.45) is 16.8 Å². The van der Waals surface area contributed by atoms with Crippen LogP contribution in [0, 0.1) is 18.8 Å². The molecule has 0 heterocycles. The van der Waals surface area contributed by atoms with Gasteiger partial charge in [-0.2, -0.15) is 0 Å². The van der Waals surface area contributed by atoms with Crippen molar-refractivity contribution >= 4 is 23.2 Å². The van der Waals surface area contributed by atoms with Crippen LogP contribution in [0.2, 0.25) is 0 Å². The molecular weight excluding hydrogens is 496 g/mol. The van der Waals surface area contributed by atoms with Crippen LogP contribution >= 0.6 is 0 Å². The van der Waals surface area contributed by atoms with E-state index in [1.807, 2.05) is 70.2 Å². The second-order valence-corrected chi connectivity index (χ2v) is 11.2. The summed E-state index contributed by atoms with van der Waals surface area (Å²) in [4.78, 5) is 16.1. The Hall–Kier alpha value is -2.82. The van der Waals surface area contributed by atoms with Gasteiger partial charge in [-0.05, 0) is 87.4 Å². The molecule has 0 amide bonds. The molecule has 226 valence electrons. The lowest BCUT2D eigenvalue weighted by Crippen LogP contribution is -2.08. The fraction of sp³-hybridized carbons (Fsp3) is 0.600. The van der Waals surface area contributed by atoms with Gasteiger partial charge in [-0.3, -0.25) is 4.79 Å². The highest BCUT2D eigenvalue weighted by molar-refractivity contribution is 5.95. The van der Waals surface area contributed by atoms with Gasteiger partial charge in [-0.15, -0.1) is 0 Å². The molecule has 5 nitrogen and oxygen atoms in total. The summed E-state index contributed by atoms with van der Waals surface area (Å²) >= 11 is 0. The molecule has 0 spiro atoms. The number of carbonyl (C=O) groups is 1. The van der Waals surface area contributed by atoms with Crippen LogP contribution in [0.25, 0.3) is 0 Å². The standard InChI is InChI=1S/C21H26N2O3.C11H24.C3H8/c1-14(2)26-19-10-8-18(9-11-19)22-16(4)23-20-12-17(7-6-15(20)3)13-21(24)25-5;1-5-7-11(8-6-2)9-10(3)4;1-3-2/h6-12,14H,13H2,1-5H3,(H,22,23);10-11H,5-9H2,1-4H3;3H2,1-2H3. The van der Waals surface area contributed by atoms with E-state index in [4.69, 9.17) is 9.47 Å². The lowest BCUT2D eigenvalue weighted by Gasteiger charge is -2.16. The summed E-state index contributed by atoms with van der Waals surface area (Å²) in [7, 11) is 1.39. The number of anilines is 1. The van der Waals surface area contributed by atoms with E-state index in [0.29, 0.717) is 0 Å². The van der Waals surface area contributed by atoms with Crippen molar-refractivity contribution in [2.75, 3.05) is 12.4 Å². The van der Waals surface area contributed by atoms with E-state index in [-0.39, 0.29) is 18.5 Å². The molecule has 0 radical (unpaired) electrons. The number of hydrogen-bond acceptors (Lipinski definition) is 4. The molecule has 0 unspecified atom stereocenters. The number of aliphatic imine (C=N–C) groups is 1. The van der Waals surface area contributed by atoms with E-state index in [1.165, 1.54) is 45.6 Å². The molecule has 40 heavy (non-hydrogen) atoms. The number of nitrogens with zero attached hydrogens (tertiary/aromatic N) is 1. The van der Waals surface area contributed by atoms with E-state index in [2.05, 4.69) is 51.9 Å². The quantitative estimate of drug-likeness (QED) is 0.161. The third kappa shape index (κ3) is 17.7. The van der Waals surface area contributed by atoms with Crippen LogP contribution in [-0.2, 0) is 16.0 Å². The maximum atomic E-state index is 11.5. The van der Waals surface area contributed by atoms with Crippen molar-refractivity contribution in [3.05, 3.63) is 53.6 Å². The number of carbonyl (C=O) groups excluding carboxylic acids is 1. The fourth-order valence-electron chi connectivity index (χ4n) is 4.29. The first-order chi connectivity index (χ1) is 19.0. The van der Waals surface area contributed by atoms with Gasteiger partial charge in [0, 0.05) is 5.69 Å². The van der Waals surface area contributed by atoms with E-state index < -0.39 is 0 Å². The molecule has 5 heteroatoms. The van der Waals surface area contributed by atoms with Gasteiger partial charge in [0.1, 0.15) is 11.6 Å². The monoisotopic (exact) mass is 554 g/mol. The van der Waals surface area contributed by atoms with E-state index in [9.17, 15) is 4.79 Å². The molecule has 0 fully saturated rings. The number of amidine groups is 1. The molecule has 0 aliphatic rings. The Morgan fingerprint density at radius 1 is 0.925 bits per heavy atom. The first kappa shape index (κ1) is 37.2. The number of hydrogen-bond donors (Lipinski definition) is 1. The second-order valence-electron chi connectivity index (χ2n) is 11.2. The molecule has 0 saturated carbocycles. The Kier molecular flexibility index (Phi) is 20.4. The SMILES string of the molecule is CCC.CCCC(CCC)CC(C)C.COC(=O)Cc1ccc(C)c(N=C(C)Nc2ccc(OC(C)C)cc2)c1. The van der Waals surface area contributed by atoms with Crippen LogP contribution in [-0.4, -0.2) is 25.0 Å². The minimum absolute atomic E-state index is 0.150. The fourth-order valence-corrected chi connectivity index (χ4v) is 4.29. The van der Waals surface area contributed by atoms with Gasteiger partial charge in [0.15, 0.2) is 0 Å². The number of rotatable bonds is 12. The number of ether oxygens (including phenoxy) is 2. The molecule has 2 aromatic carbocycles. The van der Waals surface area contributed by atoms with Gasteiger partial charge in [0.25, 0.3) is 0 Å². The lowest BCUT2D eigenvalue weighted by atomic mass is 9.90. The largest absolute Gasteiger partial charge is 0.491 e. The molecule has 0 aromatic heterocycles. The van der Waals surface area contributed by atoms with Crippen LogP contribution < -0.4 is 10.1 Å². The highest BCUT2D eigenvalue weighted by atomic mass is 16.5. The molecule has 1 N–H and O–H groups in total. The summed E-state index contributed by atoms with van der Waals surface area (Å²) < 4.78 is 10.4. The zero-order valence-electron chi connectivity index (χ0n) is 27.4. The van der Waals surface area contributed by atoms with Crippen molar-refractivity contribution in [1.29, 1.82) is 0 Å². The van der Waals surface area contributed by atoms with Crippen LogP contribution in [0.1, 0.15) is 112 Å². The van der Waals surface area contributed by atoms with Gasteiger partial charge in [0.05, 0.1) is 25.3 Å². The first-order valence-electron chi connectivity index (χ1n) is 15.2. The summed E-state index contributed by atoms with van der Waals surface area (Å²) in [5, 5.41) is 3.27. The van der Waals surface area contributed by atoms with E-state index in [1.54, 1.807) is 0 Å². The molecule has 0 bridgehead atoms. The third-order valence-corrected chi connectivity index (χ3v) is 5.89. The summed E-state index contributed by atoms with van der Waals surface area (Å²) in [6.07, 6.45) is 8.66. The Balaban J connectivity index is 0.000000908. The lowest BCUT2D eigenvalue weighted by molar-refractivity contribution is -0.139. The highest BCUT2D eigenvalue weighted by Crippen LogP contribution is 2.23. The smallest absolute Gasteiger partial charge is 0.309 e. The minimum Gasteiger partial charge on any atom is -0.491 e. The normalized spacial score (nSPS) is 11.0. The number of methoxy groups -OCH3 is 1. The van der Waals surface area contributed by atoms with Gasteiger partial charge >= 0.3 is 5.97 Å². The Labute approximate surface area is 246 Å². The minimum atomic E-state index is -0.262. The molecule has 2 aromatic rings. The first-order valence-corrected chi connectivity index (χ1v) is 15.2. The second kappa shape index (κ2) is 21.9. The van der Waals surface area contributed by atoms with Crippen LogP contribution in [0.3, 0.4) is 0 Å². The van der Waals surface area contributed by atoms with Crippen molar-refractivity contribution in [3.63, 3.8) is 0 Å². The van der Waals surface area contributed by atoms with Crippen LogP contribution in [0.15, 0.2) is 47.5 Å². The predicted octanol–water partition coefficient (Wildman–Crippen LogP) is 10.3. The maximum Gasteiger partial charge on any atom is 0.309 e. The summed E-state index contributed by atoms with van der Waals surface area (Å²) in [5.74, 6) is 3.23. The maximum absolute atomic E-state index is 11.5. The van der Waals surface area contributed by atoms with E-state index >= 15 is 0 Å². The molecular formula is C35H58N2O3. The summed E-state index contributed by atoms with van der Waals surface area (Å²) in [6, 6.07) is 13.6. The number of aryl methyl sites for hydroxylation is 1. The van der Waals surface area contributed by atoms with Crippen LogP contribution in [0.5, 0.6) is 5.75 Å². The van der Waals surface area contributed by atoms with Gasteiger partial charge in [-0.25, -0.2) is 4.99 Å². The van der Waals surface area contributed by atoms with Gasteiger partial charge in [0.2, 0.25) is 0 Å². The summed E-state index contributed by atoms with van der Waals surface area (Å²) in [6.45, 7) is 21.4. The number of esters is 1. The topological polar surface area (TPSA) is 59.9 Å². The Morgan fingerprint density at radius 2 is 1.50 bits per heavy atom. The highest BCUT2D eigenvalue weighted by Gasteiger charge is 2.08. The molecule has 0 saturated heterocycles. The van der Waals surface area contributed by atoms with Crippen LogP contribution in [0.4, 0.5) is 11.4 Å². The van der Waals surface area contributed by atoms with Gasteiger partial charge < -0.3 is 14.8 Å². The molecule has 2 rings (SSSR count). The molecule has 0 aliphatic heterocycles. The molecule has 0 atom stereocenters. The Morgan fingerprint density at radius 3 is 1.98 bits per heavy atom. The zero-order chi connectivity index (χ0) is 30.5. The predicted molar refractivity (Wildman–Crippen MR) is 174 cm³/mol. The van der Waals surface area contributed by atoms with Crippen molar-refractivity contribution in [1.82, 2.24) is 0 Å². The van der Waals surface area contributed by atoms with Gasteiger partial charge in [-0.1, -0.05) is 85.8 Å². The summed E-state index contributed by atoms with van der Waals surface area (Å²) in [5.41, 5.74) is 3.69. The zero-order valence-corrected chi connectivity index (χ0v) is 27.4. The van der Waals surface area contributed by atoms with Crippen molar-refractivity contribution in [2.45, 2.75) is 120 Å². The average Bonchev–Trinajstić information content (AvgIpc) is 2.87. The van der Waals surface area contributed by atoms with E-state index in [0.717, 1.165) is 45.9 Å². The average molecular weight is 555 g/mol. The number of nitrogens with one attached hydrogen (secondary N) is 1.